The molecule has 1 aromatic carbocycles. The molecule has 0 spiro atoms. The number of rotatable bonds is 5. The van der Waals surface area contributed by atoms with Gasteiger partial charge in [0.25, 0.3) is 5.91 Å². The number of nitrogens with zero attached hydrogens (tertiary/aromatic N) is 9. The van der Waals surface area contributed by atoms with Crippen LogP contribution in [0.4, 0.5) is 5.69 Å². The van der Waals surface area contributed by atoms with E-state index in [4.69, 9.17) is 4.74 Å². The summed E-state index contributed by atoms with van der Waals surface area (Å²) < 4.78 is 7.43. The van der Waals surface area contributed by atoms with Gasteiger partial charge in [0.05, 0.1) is 11.8 Å². The third kappa shape index (κ3) is 13.9. The number of fused-ring (bicyclic) bond motifs is 5. The zero-order chi connectivity index (χ0) is 44.3. The second kappa shape index (κ2) is 24.5. The van der Waals surface area contributed by atoms with Crippen LogP contribution < -0.4 is 15.0 Å². The molecule has 0 bridgehead atoms. The molecule has 0 atom stereocenters. The van der Waals surface area contributed by atoms with E-state index in [1.54, 1.807) is 18.9 Å². The number of ether oxygens (including phenoxy) is 1. The van der Waals surface area contributed by atoms with Crippen LogP contribution in [0.3, 0.4) is 0 Å². The topological polar surface area (TPSA) is 179 Å². The Balaban J connectivity index is 0.000000174. The van der Waals surface area contributed by atoms with Crippen molar-refractivity contribution >= 4 is 56.0 Å². The SMILES string of the molecule is CC(C)c1cnc2[n-]cnc2c1.CC(C)c1cnc2[nH][c-]nc2c1.CC(C)c1cnc2c(c1)NC(=O)CO2.CC(C)c1cnc2nc[nH]c2c1.CC(C)n1ccc2ccccc21.[Y].[Y]. The molecule has 16 heteroatoms. The van der Waals surface area contributed by atoms with Crippen molar-refractivity contribution in [3.8, 4) is 5.88 Å². The average molecular weight is 1010 g/mol. The normalized spacial score (nSPS) is 11.6. The van der Waals surface area contributed by atoms with Gasteiger partial charge in [0.2, 0.25) is 5.88 Å². The summed E-state index contributed by atoms with van der Waals surface area (Å²) in [7, 11) is 0. The van der Waals surface area contributed by atoms with Gasteiger partial charge in [0.1, 0.15) is 5.69 Å². The molecule has 10 rings (SSSR count). The van der Waals surface area contributed by atoms with Gasteiger partial charge in [-0.2, -0.15) is 0 Å². The summed E-state index contributed by atoms with van der Waals surface area (Å²) in [5.41, 5.74) is 11.9. The minimum atomic E-state index is -0.125. The van der Waals surface area contributed by atoms with Crippen molar-refractivity contribution in [3.05, 3.63) is 127 Å². The molecule has 64 heavy (non-hydrogen) atoms. The molecule has 0 aliphatic carbocycles. The van der Waals surface area contributed by atoms with E-state index < -0.39 is 0 Å². The number of benzene rings is 1. The van der Waals surface area contributed by atoms with Crippen LogP contribution >= 0.6 is 0 Å². The Bertz CT molecular complexity index is 2660. The molecule has 0 fully saturated rings. The Morgan fingerprint density at radius 3 is 2.03 bits per heavy atom. The Labute approximate surface area is 425 Å². The molecule has 1 amide bonds. The van der Waals surface area contributed by atoms with Gasteiger partial charge in [-0.1, -0.05) is 85.2 Å². The van der Waals surface area contributed by atoms with E-state index in [9.17, 15) is 4.79 Å². The van der Waals surface area contributed by atoms with Gasteiger partial charge >= 0.3 is 0 Å². The number of anilines is 1. The van der Waals surface area contributed by atoms with Gasteiger partial charge in [0, 0.05) is 119 Å². The van der Waals surface area contributed by atoms with Crippen LogP contribution in [0.5, 0.6) is 5.88 Å². The van der Waals surface area contributed by atoms with Crippen molar-refractivity contribution in [1.29, 1.82) is 0 Å². The zero-order valence-electron chi connectivity index (χ0n) is 38.3. The molecule has 0 saturated heterocycles. The predicted molar refractivity (Wildman–Crippen MR) is 247 cm³/mol. The molecule has 0 unspecified atom stereocenters. The second-order valence-electron chi connectivity index (χ2n) is 16.5. The van der Waals surface area contributed by atoms with Gasteiger partial charge in [0.15, 0.2) is 12.3 Å². The first-order chi connectivity index (χ1) is 29.8. The van der Waals surface area contributed by atoms with Crippen LogP contribution in [-0.4, -0.2) is 61.9 Å². The quantitative estimate of drug-likeness (QED) is 0.141. The molecule has 1 aliphatic heterocycles. The molecule has 328 valence electrons. The van der Waals surface area contributed by atoms with Gasteiger partial charge in [-0.3, -0.25) is 4.79 Å². The standard InChI is InChI=1S/C11H13N.C10H12N2O2.C9H11N3.2C9H10N3.2Y/c1-9(2)12-8-7-10-5-3-4-6-11(10)12;1-6(2)7-3-8-10(11-4-7)14-5-9(13)12-8;3*1-6(2)7-3-8-9(10-4-7)12-5-11-8;;/h3-9H,1-2H3;3-4,6H,5H2,1-2H3,(H,12,13);3-6H,1-2H3,(H,10,11,12);3-4,6H,1-2H3,(H,10,11,12);3-6H,1-2H3;;/q;;;2*-1;;. The van der Waals surface area contributed by atoms with Crippen LogP contribution in [0.1, 0.15) is 121 Å². The first-order valence-electron chi connectivity index (χ1n) is 21.0. The van der Waals surface area contributed by atoms with Crippen molar-refractivity contribution in [2.24, 2.45) is 0 Å². The van der Waals surface area contributed by atoms with Crippen LogP contribution in [0.2, 0.25) is 0 Å². The fraction of sp³-hybridized carbons (Fsp3) is 0.333. The molecular formula is C48H56N12O2Y2-2. The van der Waals surface area contributed by atoms with Gasteiger partial charge < -0.3 is 49.5 Å². The van der Waals surface area contributed by atoms with Crippen molar-refractivity contribution < 1.29 is 74.9 Å². The Kier molecular flexibility index (Phi) is 19.9. The van der Waals surface area contributed by atoms with E-state index in [2.05, 4.69) is 178 Å². The molecule has 2 radical (unpaired) electrons. The number of hydrogen-bond acceptors (Lipinski definition) is 9. The maximum absolute atomic E-state index is 11.0. The van der Waals surface area contributed by atoms with Crippen LogP contribution in [0.25, 0.3) is 44.4 Å². The smallest absolute Gasteiger partial charge is 0.262 e. The van der Waals surface area contributed by atoms with E-state index in [-0.39, 0.29) is 77.9 Å². The monoisotopic (exact) mass is 1010 g/mol. The fourth-order valence-corrected chi connectivity index (χ4v) is 6.25. The zero-order valence-corrected chi connectivity index (χ0v) is 44.0. The molecule has 3 N–H and O–H groups in total. The molecule has 1 aliphatic rings. The third-order valence-electron chi connectivity index (χ3n) is 10.1. The van der Waals surface area contributed by atoms with Crippen molar-refractivity contribution in [3.63, 3.8) is 0 Å². The summed E-state index contributed by atoms with van der Waals surface area (Å²) in [6, 6.07) is 19.3. The largest absolute Gasteiger partial charge is 0.466 e. The molecule has 9 heterocycles. The minimum absolute atomic E-state index is 0. The maximum atomic E-state index is 11.0. The third-order valence-corrected chi connectivity index (χ3v) is 10.1. The number of nitrogens with one attached hydrogen (secondary N) is 3. The molecular weight excluding hydrogens is 954 g/mol. The summed E-state index contributed by atoms with van der Waals surface area (Å²) in [6.45, 7) is 21.5. The molecule has 14 nitrogen and oxygen atoms in total. The van der Waals surface area contributed by atoms with Crippen molar-refractivity contribution in [2.45, 2.75) is 99.0 Å². The molecule has 9 aromatic rings. The van der Waals surface area contributed by atoms with E-state index >= 15 is 0 Å². The number of pyridine rings is 4. The molecule has 8 aromatic heterocycles. The number of hydrogen-bond donors (Lipinski definition) is 3. The number of H-pyrrole nitrogens is 2. The van der Waals surface area contributed by atoms with Gasteiger partial charge in [-0.25, -0.2) is 15.0 Å². The van der Waals surface area contributed by atoms with Gasteiger partial charge in [-0.15, -0.1) is 0 Å². The number of amides is 1. The van der Waals surface area contributed by atoms with Crippen LogP contribution in [0, 0.1) is 6.33 Å². The first-order valence-corrected chi connectivity index (χ1v) is 21.0. The first kappa shape index (κ1) is 51.9. The maximum Gasteiger partial charge on any atom is 0.262 e. The van der Waals surface area contributed by atoms with E-state index in [0.717, 1.165) is 39.1 Å². The average Bonchev–Trinajstić information content (AvgIpc) is 4.10. The van der Waals surface area contributed by atoms with Crippen LogP contribution in [0.15, 0.2) is 98.2 Å². The number of para-hydroxylation sites is 1. The number of carbonyl (C=O) groups is 1. The summed E-state index contributed by atoms with van der Waals surface area (Å²) >= 11 is 0. The number of imidazole rings is 3. The number of carbonyl (C=O) groups excluding carboxylic acids is 1. The Morgan fingerprint density at radius 1 is 0.703 bits per heavy atom. The fourth-order valence-electron chi connectivity index (χ4n) is 6.25. The minimum Gasteiger partial charge on any atom is -0.466 e. The predicted octanol–water partition coefficient (Wildman–Crippen LogP) is 10.4. The molecule has 0 saturated carbocycles. The Hall–Kier alpha value is -4.75. The summed E-state index contributed by atoms with van der Waals surface area (Å²) in [6.07, 6.45) is 15.4. The van der Waals surface area contributed by atoms with Crippen LogP contribution in [-0.2, 0) is 70.2 Å². The number of aromatic nitrogens is 11. The van der Waals surface area contributed by atoms with E-state index in [1.165, 1.54) is 27.6 Å². The number of aromatic amines is 2. The summed E-state index contributed by atoms with van der Waals surface area (Å²) in [5.74, 6) is 2.29. The summed E-state index contributed by atoms with van der Waals surface area (Å²) in [4.78, 5) is 49.8. The summed E-state index contributed by atoms with van der Waals surface area (Å²) in [5, 5.41) is 4.05. The van der Waals surface area contributed by atoms with Crippen molar-refractivity contribution in [2.75, 3.05) is 11.9 Å². The second-order valence-corrected chi connectivity index (χ2v) is 16.5. The van der Waals surface area contributed by atoms with Gasteiger partial charge in [-0.05, 0) is 114 Å². The van der Waals surface area contributed by atoms with E-state index in [0.29, 0.717) is 41.3 Å². The Morgan fingerprint density at radius 2 is 1.33 bits per heavy atom. The van der Waals surface area contributed by atoms with E-state index in [1.807, 2.05) is 36.8 Å². The van der Waals surface area contributed by atoms with Crippen molar-refractivity contribution in [1.82, 2.24) is 54.4 Å².